The van der Waals surface area contributed by atoms with Gasteiger partial charge in [0.05, 0.1) is 12.1 Å². The number of halogens is 3. The molecule has 0 spiro atoms. The van der Waals surface area contributed by atoms with Crippen LogP contribution in [0.4, 0.5) is 13.2 Å². The predicted octanol–water partition coefficient (Wildman–Crippen LogP) is 1.16. The van der Waals surface area contributed by atoms with Gasteiger partial charge in [-0.2, -0.15) is 13.2 Å². The molecule has 2 rings (SSSR count). The molecular weight excluding hydrogens is 275 g/mol. The summed E-state index contributed by atoms with van der Waals surface area (Å²) in [5.41, 5.74) is -0.667. The summed E-state index contributed by atoms with van der Waals surface area (Å²) in [6.45, 7) is 0.0867. The second-order valence-corrected chi connectivity index (χ2v) is 3.98. The smallest absolute Gasteiger partial charge is 0.345 e. The molecule has 106 valence electrons. The maximum absolute atomic E-state index is 12.4. The van der Waals surface area contributed by atoms with E-state index in [1.807, 2.05) is 0 Å². The van der Waals surface area contributed by atoms with Crippen molar-refractivity contribution in [3.05, 3.63) is 41.2 Å². The topological polar surface area (TPSA) is 72.7 Å². The number of carbonyl (C=O) groups excluding carboxylic acids is 1. The van der Waals surface area contributed by atoms with Gasteiger partial charge in [0, 0.05) is 12.6 Å². The van der Waals surface area contributed by atoms with Gasteiger partial charge in [-0.25, -0.2) is 4.68 Å². The summed E-state index contributed by atoms with van der Waals surface area (Å²) in [5, 5.41) is 13.2. The Morgan fingerprint density at radius 3 is 2.45 bits per heavy atom. The molecule has 0 saturated heterocycles. The first-order valence-corrected chi connectivity index (χ1v) is 5.54. The van der Waals surface area contributed by atoms with Crippen molar-refractivity contribution in [1.82, 2.24) is 25.5 Å². The van der Waals surface area contributed by atoms with Crippen LogP contribution in [0, 0.1) is 0 Å². The number of amides is 1. The molecule has 1 N–H and O–H groups in total. The Bertz CT molecular complexity index is 605. The van der Waals surface area contributed by atoms with E-state index in [0.29, 0.717) is 5.82 Å². The van der Waals surface area contributed by atoms with Crippen LogP contribution in [0.25, 0.3) is 0 Å². The van der Waals surface area contributed by atoms with Gasteiger partial charge in [-0.1, -0.05) is 0 Å². The summed E-state index contributed by atoms with van der Waals surface area (Å²) in [5.74, 6) is -0.0630. The lowest BCUT2D eigenvalue weighted by atomic mass is 10.1. The molecule has 1 aromatic carbocycles. The molecule has 0 atom stereocenters. The summed E-state index contributed by atoms with van der Waals surface area (Å²) in [4.78, 5) is 11.7. The summed E-state index contributed by atoms with van der Waals surface area (Å²) >= 11 is 0. The van der Waals surface area contributed by atoms with E-state index in [1.165, 1.54) is 4.68 Å². The minimum absolute atomic E-state index is 0.0867. The molecule has 9 heteroatoms. The normalized spacial score (nSPS) is 11.4. The van der Waals surface area contributed by atoms with Crippen molar-refractivity contribution in [2.24, 2.45) is 7.05 Å². The highest BCUT2D eigenvalue weighted by atomic mass is 19.4. The van der Waals surface area contributed by atoms with Crippen molar-refractivity contribution < 1.29 is 18.0 Å². The molecule has 0 radical (unpaired) electrons. The van der Waals surface area contributed by atoms with Gasteiger partial charge in [-0.3, -0.25) is 4.79 Å². The average molecular weight is 285 g/mol. The Kier molecular flexibility index (Phi) is 3.68. The Labute approximate surface area is 111 Å². The van der Waals surface area contributed by atoms with Gasteiger partial charge in [0.2, 0.25) is 0 Å². The van der Waals surface area contributed by atoms with Gasteiger partial charge in [0.25, 0.3) is 5.91 Å². The molecule has 0 unspecified atom stereocenters. The third-order valence-corrected chi connectivity index (χ3v) is 2.59. The number of rotatable bonds is 3. The van der Waals surface area contributed by atoms with Crippen LogP contribution in [-0.4, -0.2) is 26.1 Å². The first-order valence-electron chi connectivity index (χ1n) is 5.54. The van der Waals surface area contributed by atoms with Crippen molar-refractivity contribution >= 4 is 5.91 Å². The predicted molar refractivity (Wildman–Crippen MR) is 61.4 cm³/mol. The number of nitrogens with one attached hydrogen (secondary N) is 1. The van der Waals surface area contributed by atoms with E-state index >= 15 is 0 Å². The van der Waals surface area contributed by atoms with Crippen LogP contribution in [0.3, 0.4) is 0 Å². The third-order valence-electron chi connectivity index (χ3n) is 2.59. The molecule has 1 amide bonds. The van der Waals surface area contributed by atoms with Crippen LogP contribution < -0.4 is 5.32 Å². The van der Waals surface area contributed by atoms with Gasteiger partial charge in [-0.05, 0) is 34.7 Å². The molecule has 0 bridgehead atoms. The zero-order chi connectivity index (χ0) is 14.8. The number of benzene rings is 1. The molecule has 0 aliphatic rings. The van der Waals surface area contributed by atoms with E-state index in [2.05, 4.69) is 20.8 Å². The molecule has 2 aromatic rings. The lowest BCUT2D eigenvalue weighted by Crippen LogP contribution is -2.24. The van der Waals surface area contributed by atoms with Gasteiger partial charge >= 0.3 is 6.18 Å². The summed E-state index contributed by atoms with van der Waals surface area (Å²) in [6.07, 6.45) is -4.42. The lowest BCUT2D eigenvalue weighted by Gasteiger charge is -2.08. The maximum atomic E-state index is 12.4. The molecule has 0 saturated carbocycles. The van der Waals surface area contributed by atoms with Crippen LogP contribution in [0.15, 0.2) is 24.3 Å². The van der Waals surface area contributed by atoms with E-state index in [1.54, 1.807) is 7.05 Å². The Balaban J connectivity index is 2.01. The average Bonchev–Trinajstić information content (AvgIpc) is 2.81. The highest BCUT2D eigenvalue weighted by molar-refractivity contribution is 5.94. The van der Waals surface area contributed by atoms with E-state index in [-0.39, 0.29) is 12.1 Å². The number of aromatic nitrogens is 4. The van der Waals surface area contributed by atoms with Crippen molar-refractivity contribution in [3.63, 3.8) is 0 Å². The van der Waals surface area contributed by atoms with Crippen LogP contribution in [0.5, 0.6) is 0 Å². The monoisotopic (exact) mass is 285 g/mol. The third kappa shape index (κ3) is 3.11. The number of carbonyl (C=O) groups is 1. The molecule has 0 aliphatic carbocycles. The molecule has 6 nitrogen and oxygen atoms in total. The van der Waals surface area contributed by atoms with Crippen LogP contribution in [0.1, 0.15) is 21.7 Å². The molecular formula is C11H10F3N5O. The molecule has 1 aromatic heterocycles. The van der Waals surface area contributed by atoms with Crippen LogP contribution >= 0.6 is 0 Å². The number of hydrogen-bond acceptors (Lipinski definition) is 4. The number of aryl methyl sites for hydroxylation is 1. The molecule has 0 fully saturated rings. The van der Waals surface area contributed by atoms with Crippen LogP contribution in [-0.2, 0) is 19.8 Å². The Morgan fingerprint density at radius 2 is 1.95 bits per heavy atom. The fourth-order valence-corrected chi connectivity index (χ4v) is 1.47. The van der Waals surface area contributed by atoms with Crippen molar-refractivity contribution in [1.29, 1.82) is 0 Å². The maximum Gasteiger partial charge on any atom is 0.416 e. The second-order valence-electron chi connectivity index (χ2n) is 3.98. The highest BCUT2D eigenvalue weighted by Gasteiger charge is 2.30. The summed E-state index contributed by atoms with van der Waals surface area (Å²) < 4.78 is 38.5. The number of nitrogens with zero attached hydrogens (tertiary/aromatic N) is 4. The van der Waals surface area contributed by atoms with Crippen molar-refractivity contribution in [2.45, 2.75) is 12.7 Å². The zero-order valence-corrected chi connectivity index (χ0v) is 10.3. The Morgan fingerprint density at radius 1 is 1.30 bits per heavy atom. The van der Waals surface area contributed by atoms with E-state index < -0.39 is 17.6 Å². The largest absolute Gasteiger partial charge is 0.416 e. The molecule has 20 heavy (non-hydrogen) atoms. The van der Waals surface area contributed by atoms with E-state index in [9.17, 15) is 18.0 Å². The standard InChI is InChI=1S/C11H10F3N5O/c1-19-9(16-17-18-19)6-15-10(20)7-2-4-8(5-3-7)11(12,13)14/h2-5H,6H2,1H3,(H,15,20). The second kappa shape index (κ2) is 5.27. The van der Waals surface area contributed by atoms with Gasteiger partial charge in [0.1, 0.15) is 0 Å². The van der Waals surface area contributed by atoms with Crippen molar-refractivity contribution in [2.75, 3.05) is 0 Å². The number of hydrogen-bond donors (Lipinski definition) is 1. The molecule has 0 aliphatic heterocycles. The SMILES string of the molecule is Cn1nnnc1CNC(=O)c1ccc(C(F)(F)F)cc1. The summed E-state index contributed by atoms with van der Waals surface area (Å²) in [7, 11) is 1.61. The Hall–Kier alpha value is -2.45. The van der Waals surface area contributed by atoms with E-state index in [4.69, 9.17) is 0 Å². The fraction of sp³-hybridized carbons (Fsp3) is 0.273. The minimum Gasteiger partial charge on any atom is -0.345 e. The first-order chi connectivity index (χ1) is 9.38. The summed E-state index contributed by atoms with van der Waals surface area (Å²) in [6, 6.07) is 3.96. The van der Waals surface area contributed by atoms with Gasteiger partial charge in [0.15, 0.2) is 5.82 Å². The van der Waals surface area contributed by atoms with Gasteiger partial charge < -0.3 is 5.32 Å². The highest BCUT2D eigenvalue weighted by Crippen LogP contribution is 2.29. The van der Waals surface area contributed by atoms with Crippen LogP contribution in [0.2, 0.25) is 0 Å². The number of alkyl halides is 3. The van der Waals surface area contributed by atoms with E-state index in [0.717, 1.165) is 24.3 Å². The minimum atomic E-state index is -4.42. The van der Waals surface area contributed by atoms with Gasteiger partial charge in [-0.15, -0.1) is 5.10 Å². The molecule has 1 heterocycles. The quantitative estimate of drug-likeness (QED) is 0.918. The first kappa shape index (κ1) is 14.0. The lowest BCUT2D eigenvalue weighted by molar-refractivity contribution is -0.137. The number of tetrazole rings is 1. The fourth-order valence-electron chi connectivity index (χ4n) is 1.47. The van der Waals surface area contributed by atoms with Crippen molar-refractivity contribution in [3.8, 4) is 0 Å². The zero-order valence-electron chi connectivity index (χ0n) is 10.3.